The fourth-order valence-corrected chi connectivity index (χ4v) is 3.85. The minimum Gasteiger partial charge on any atom is -0.394 e. The van der Waals surface area contributed by atoms with Gasteiger partial charge < -0.3 is 19.5 Å². The first-order chi connectivity index (χ1) is 14.0. The summed E-state index contributed by atoms with van der Waals surface area (Å²) in [6.07, 6.45) is -0.0630. The summed E-state index contributed by atoms with van der Waals surface area (Å²) in [7, 11) is 0. The lowest BCUT2D eigenvalue weighted by Gasteiger charge is -2.43. The first-order valence-corrected chi connectivity index (χ1v) is 10.6. The number of hydrogen-bond acceptors (Lipinski definition) is 6. The molecule has 162 valence electrons. The molecule has 2 aliphatic rings. The summed E-state index contributed by atoms with van der Waals surface area (Å²) in [5, 5.41) is 9.72. The summed E-state index contributed by atoms with van der Waals surface area (Å²) < 4.78 is 11.4. The maximum Gasteiger partial charge on any atom is 0.253 e. The van der Waals surface area contributed by atoms with E-state index in [1.807, 2.05) is 49.1 Å². The standard InChI is InChI=1S/C22H35N3O4/c1-22(2,18-26)25-12-15-29-20(17-25)16-24(9-8-23-10-13-28-14-11-23)21(27)19-6-4-3-5-7-19/h3-7,20,26H,8-18H2,1-2H3/t20-/m1/s1. The van der Waals surface area contributed by atoms with Crippen LogP contribution in [0.5, 0.6) is 0 Å². The van der Waals surface area contributed by atoms with Crippen LogP contribution >= 0.6 is 0 Å². The van der Waals surface area contributed by atoms with Crippen molar-refractivity contribution in [1.82, 2.24) is 14.7 Å². The first-order valence-electron chi connectivity index (χ1n) is 10.6. The Morgan fingerprint density at radius 3 is 2.59 bits per heavy atom. The normalized spacial score (nSPS) is 21.8. The third-order valence-electron chi connectivity index (χ3n) is 5.90. The molecule has 1 aromatic carbocycles. The van der Waals surface area contributed by atoms with Gasteiger partial charge in [-0.05, 0) is 26.0 Å². The largest absolute Gasteiger partial charge is 0.394 e. The van der Waals surface area contributed by atoms with Gasteiger partial charge in [0.1, 0.15) is 0 Å². The molecule has 0 spiro atoms. The van der Waals surface area contributed by atoms with Crippen LogP contribution in [0.1, 0.15) is 24.2 Å². The Morgan fingerprint density at radius 2 is 1.90 bits per heavy atom. The van der Waals surface area contributed by atoms with Gasteiger partial charge in [0.15, 0.2) is 0 Å². The second-order valence-electron chi connectivity index (χ2n) is 8.48. The molecule has 29 heavy (non-hydrogen) atoms. The zero-order valence-electron chi connectivity index (χ0n) is 17.8. The smallest absolute Gasteiger partial charge is 0.253 e. The zero-order valence-corrected chi connectivity index (χ0v) is 17.8. The van der Waals surface area contributed by atoms with Crippen LogP contribution in [-0.4, -0.2) is 110 Å². The van der Waals surface area contributed by atoms with Gasteiger partial charge in [0.05, 0.1) is 32.5 Å². The van der Waals surface area contributed by atoms with Gasteiger partial charge in [0, 0.05) is 56.9 Å². The molecule has 2 fully saturated rings. The second-order valence-corrected chi connectivity index (χ2v) is 8.48. The van der Waals surface area contributed by atoms with Gasteiger partial charge in [-0.25, -0.2) is 0 Å². The van der Waals surface area contributed by atoms with E-state index < -0.39 is 0 Å². The van der Waals surface area contributed by atoms with Crippen molar-refractivity contribution in [3.63, 3.8) is 0 Å². The molecule has 0 unspecified atom stereocenters. The van der Waals surface area contributed by atoms with Crippen LogP contribution in [-0.2, 0) is 9.47 Å². The highest BCUT2D eigenvalue weighted by molar-refractivity contribution is 5.94. The molecule has 2 aliphatic heterocycles. The molecule has 7 nitrogen and oxygen atoms in total. The summed E-state index contributed by atoms with van der Waals surface area (Å²) >= 11 is 0. The molecule has 0 bridgehead atoms. The van der Waals surface area contributed by atoms with Crippen molar-refractivity contribution >= 4 is 5.91 Å². The summed E-state index contributed by atoms with van der Waals surface area (Å²) in [5.74, 6) is 0.0426. The fourth-order valence-electron chi connectivity index (χ4n) is 3.85. The molecule has 0 aromatic heterocycles. The highest BCUT2D eigenvalue weighted by Crippen LogP contribution is 2.19. The molecule has 7 heteroatoms. The fraction of sp³-hybridized carbons (Fsp3) is 0.682. The summed E-state index contributed by atoms with van der Waals surface area (Å²) in [5.41, 5.74) is 0.419. The molecule has 1 N–H and O–H groups in total. The van der Waals surface area contributed by atoms with Crippen molar-refractivity contribution in [2.45, 2.75) is 25.5 Å². The van der Waals surface area contributed by atoms with E-state index in [9.17, 15) is 9.90 Å². The molecule has 0 aliphatic carbocycles. The summed E-state index contributed by atoms with van der Waals surface area (Å²) in [4.78, 5) is 19.7. The van der Waals surface area contributed by atoms with Gasteiger partial charge in [-0.1, -0.05) is 18.2 Å². The van der Waals surface area contributed by atoms with Crippen molar-refractivity contribution in [3.8, 4) is 0 Å². The van der Waals surface area contributed by atoms with Crippen molar-refractivity contribution in [1.29, 1.82) is 0 Å². The number of rotatable bonds is 8. The zero-order chi connectivity index (χ0) is 20.7. The third kappa shape index (κ3) is 6.23. The highest BCUT2D eigenvalue weighted by Gasteiger charge is 2.33. The van der Waals surface area contributed by atoms with Crippen LogP contribution in [0.3, 0.4) is 0 Å². The van der Waals surface area contributed by atoms with Crippen LogP contribution in [0.2, 0.25) is 0 Å². The molecule has 2 saturated heterocycles. The minimum absolute atomic E-state index is 0.0426. The van der Waals surface area contributed by atoms with Crippen molar-refractivity contribution in [2.75, 3.05) is 72.2 Å². The molecular formula is C22H35N3O4. The molecule has 0 radical (unpaired) electrons. The number of nitrogens with zero attached hydrogens (tertiary/aromatic N) is 3. The Bertz CT molecular complexity index is 634. The van der Waals surface area contributed by atoms with E-state index in [1.54, 1.807) is 0 Å². The number of carbonyl (C=O) groups is 1. The molecule has 1 atom stereocenters. The number of morpholine rings is 2. The molecule has 1 aromatic rings. The van der Waals surface area contributed by atoms with Crippen LogP contribution in [0.4, 0.5) is 0 Å². The Morgan fingerprint density at radius 1 is 1.17 bits per heavy atom. The molecule has 3 rings (SSSR count). The number of aliphatic hydroxyl groups is 1. The predicted molar refractivity (Wildman–Crippen MR) is 112 cm³/mol. The lowest BCUT2D eigenvalue weighted by Crippen LogP contribution is -2.57. The molecular weight excluding hydrogens is 370 g/mol. The predicted octanol–water partition coefficient (Wildman–Crippen LogP) is 0.933. The Labute approximate surface area is 174 Å². The lowest BCUT2D eigenvalue weighted by atomic mass is 10.0. The topological polar surface area (TPSA) is 65.5 Å². The molecule has 0 saturated carbocycles. The molecule has 1 amide bonds. The van der Waals surface area contributed by atoms with Crippen LogP contribution < -0.4 is 0 Å². The van der Waals surface area contributed by atoms with E-state index in [4.69, 9.17) is 9.47 Å². The van der Waals surface area contributed by atoms with E-state index >= 15 is 0 Å². The quantitative estimate of drug-likeness (QED) is 0.694. The third-order valence-corrected chi connectivity index (χ3v) is 5.90. The summed E-state index contributed by atoms with van der Waals surface area (Å²) in [6, 6.07) is 9.46. The van der Waals surface area contributed by atoms with Gasteiger partial charge in [0.2, 0.25) is 0 Å². The first kappa shape index (κ1) is 22.2. The SMILES string of the molecule is CC(C)(CO)N1CCO[C@H](CN(CCN2CCOCC2)C(=O)c2ccccc2)C1. The van der Waals surface area contributed by atoms with Gasteiger partial charge in [-0.15, -0.1) is 0 Å². The number of ether oxygens (including phenoxy) is 2. The van der Waals surface area contributed by atoms with E-state index in [-0.39, 0.29) is 24.2 Å². The lowest BCUT2D eigenvalue weighted by molar-refractivity contribution is -0.0802. The minimum atomic E-state index is -0.288. The number of amides is 1. The van der Waals surface area contributed by atoms with Crippen LogP contribution in [0.15, 0.2) is 30.3 Å². The van der Waals surface area contributed by atoms with E-state index in [2.05, 4.69) is 9.80 Å². The van der Waals surface area contributed by atoms with Gasteiger partial charge >= 0.3 is 0 Å². The van der Waals surface area contributed by atoms with E-state index in [0.717, 1.165) is 39.4 Å². The van der Waals surface area contributed by atoms with E-state index in [0.29, 0.717) is 31.8 Å². The average molecular weight is 406 g/mol. The maximum atomic E-state index is 13.2. The number of benzene rings is 1. The maximum absolute atomic E-state index is 13.2. The Balaban J connectivity index is 1.66. The molecule has 2 heterocycles. The number of carbonyl (C=O) groups excluding carboxylic acids is 1. The van der Waals surface area contributed by atoms with Crippen molar-refractivity contribution < 1.29 is 19.4 Å². The number of hydrogen-bond donors (Lipinski definition) is 1. The van der Waals surface area contributed by atoms with Gasteiger partial charge in [0.25, 0.3) is 5.91 Å². The number of aliphatic hydroxyl groups excluding tert-OH is 1. The van der Waals surface area contributed by atoms with Gasteiger partial charge in [-0.2, -0.15) is 0 Å². The van der Waals surface area contributed by atoms with E-state index in [1.165, 1.54) is 0 Å². The van der Waals surface area contributed by atoms with Crippen molar-refractivity contribution in [3.05, 3.63) is 35.9 Å². The van der Waals surface area contributed by atoms with Crippen LogP contribution in [0, 0.1) is 0 Å². The summed E-state index contributed by atoms with van der Waals surface area (Å²) in [6.45, 7) is 11.7. The van der Waals surface area contributed by atoms with Crippen LogP contribution in [0.25, 0.3) is 0 Å². The van der Waals surface area contributed by atoms with Crippen molar-refractivity contribution in [2.24, 2.45) is 0 Å². The van der Waals surface area contributed by atoms with Gasteiger partial charge in [-0.3, -0.25) is 14.6 Å². The highest BCUT2D eigenvalue weighted by atomic mass is 16.5. The monoisotopic (exact) mass is 405 g/mol. The Hall–Kier alpha value is -1.51. The second kappa shape index (κ2) is 10.5. The Kier molecular flexibility index (Phi) is 8.03. The average Bonchev–Trinajstić information content (AvgIpc) is 2.77.